The summed E-state index contributed by atoms with van der Waals surface area (Å²) >= 11 is 1.52. The fourth-order valence-electron chi connectivity index (χ4n) is 2.54. The second kappa shape index (κ2) is 7.40. The van der Waals surface area contributed by atoms with Gasteiger partial charge in [-0.2, -0.15) is 0 Å². The van der Waals surface area contributed by atoms with Crippen molar-refractivity contribution >= 4 is 40.5 Å². The molecule has 3 rings (SSSR count). The summed E-state index contributed by atoms with van der Waals surface area (Å²) in [5.74, 6) is -3.15. The molecule has 1 aromatic carbocycles. The lowest BCUT2D eigenvalue weighted by atomic mass is 9.96. The standard InChI is InChI=1S/C18H15NO5S/c20-14(17-15(21)10-24-18(17)23)8-11-3-5-12(6-4-11)19-16(22)9-13-2-1-7-25-13/h1-7,17H,8-10H2,(H,19,22). The number of thiophene rings is 1. The molecule has 0 radical (unpaired) electrons. The van der Waals surface area contributed by atoms with Crippen LogP contribution in [0.5, 0.6) is 0 Å². The molecule has 1 saturated heterocycles. The number of carbonyl (C=O) groups excluding carboxylic acids is 4. The second-order valence-electron chi connectivity index (χ2n) is 5.65. The zero-order valence-electron chi connectivity index (χ0n) is 13.2. The first-order chi connectivity index (χ1) is 12.0. The van der Waals surface area contributed by atoms with E-state index in [4.69, 9.17) is 0 Å². The lowest BCUT2D eigenvalue weighted by molar-refractivity contribution is -0.144. The highest BCUT2D eigenvalue weighted by Crippen LogP contribution is 2.17. The summed E-state index contributed by atoms with van der Waals surface area (Å²) in [5, 5.41) is 4.70. The number of esters is 1. The first-order valence-electron chi connectivity index (χ1n) is 7.66. The van der Waals surface area contributed by atoms with E-state index in [1.165, 1.54) is 11.3 Å². The number of rotatable bonds is 6. The van der Waals surface area contributed by atoms with Crippen molar-refractivity contribution in [2.24, 2.45) is 5.92 Å². The predicted octanol–water partition coefficient (Wildman–Crippen LogP) is 1.78. The van der Waals surface area contributed by atoms with E-state index in [1.54, 1.807) is 24.3 Å². The number of hydrogen-bond donors (Lipinski definition) is 1. The summed E-state index contributed by atoms with van der Waals surface area (Å²) in [7, 11) is 0. The van der Waals surface area contributed by atoms with Crippen LogP contribution in [0.3, 0.4) is 0 Å². The molecule has 1 atom stereocenters. The van der Waals surface area contributed by atoms with Gasteiger partial charge in [-0.05, 0) is 29.1 Å². The maximum absolute atomic E-state index is 12.1. The molecule has 0 spiro atoms. The molecule has 0 aliphatic carbocycles. The number of carbonyl (C=O) groups is 4. The molecule has 0 bridgehead atoms. The highest BCUT2D eigenvalue weighted by Gasteiger charge is 2.40. The molecule has 1 unspecified atom stereocenters. The van der Waals surface area contributed by atoms with Gasteiger partial charge in [0.25, 0.3) is 0 Å². The minimum atomic E-state index is -1.30. The van der Waals surface area contributed by atoms with Gasteiger partial charge in [0.15, 0.2) is 24.1 Å². The Labute approximate surface area is 147 Å². The maximum Gasteiger partial charge on any atom is 0.324 e. The number of ketones is 2. The van der Waals surface area contributed by atoms with Gasteiger partial charge in [-0.25, -0.2) is 0 Å². The highest BCUT2D eigenvalue weighted by molar-refractivity contribution is 7.10. The third kappa shape index (κ3) is 4.19. The van der Waals surface area contributed by atoms with Crippen molar-refractivity contribution in [3.8, 4) is 0 Å². The number of benzene rings is 1. The third-order valence-electron chi connectivity index (χ3n) is 3.77. The van der Waals surface area contributed by atoms with Crippen LogP contribution in [0, 0.1) is 5.92 Å². The van der Waals surface area contributed by atoms with Crippen LogP contribution in [0.4, 0.5) is 5.69 Å². The molecule has 1 aliphatic heterocycles. The van der Waals surface area contributed by atoms with E-state index in [-0.39, 0.29) is 18.9 Å². The SMILES string of the molecule is O=C(Cc1cccs1)Nc1ccc(CC(=O)C2C(=O)COC2=O)cc1. The Morgan fingerprint density at radius 1 is 1.12 bits per heavy atom. The van der Waals surface area contributed by atoms with Crippen LogP contribution in [0.1, 0.15) is 10.4 Å². The lowest BCUT2D eigenvalue weighted by Crippen LogP contribution is -2.27. The van der Waals surface area contributed by atoms with E-state index >= 15 is 0 Å². The Bertz CT molecular complexity index is 795. The van der Waals surface area contributed by atoms with Crippen LogP contribution < -0.4 is 5.32 Å². The van der Waals surface area contributed by atoms with Gasteiger partial charge in [0, 0.05) is 17.0 Å². The molecule has 1 fully saturated rings. The summed E-state index contributed by atoms with van der Waals surface area (Å²) in [5.41, 5.74) is 1.28. The lowest BCUT2D eigenvalue weighted by Gasteiger charge is -2.07. The molecule has 1 aromatic heterocycles. The first-order valence-corrected chi connectivity index (χ1v) is 8.54. The summed E-state index contributed by atoms with van der Waals surface area (Å²) in [6.45, 7) is -0.329. The molecule has 0 saturated carbocycles. The van der Waals surface area contributed by atoms with E-state index in [2.05, 4.69) is 10.1 Å². The number of ether oxygens (including phenoxy) is 1. The third-order valence-corrected chi connectivity index (χ3v) is 4.64. The van der Waals surface area contributed by atoms with Crippen molar-refractivity contribution < 1.29 is 23.9 Å². The largest absolute Gasteiger partial charge is 0.457 e. The van der Waals surface area contributed by atoms with Crippen molar-refractivity contribution in [3.05, 3.63) is 52.2 Å². The first kappa shape index (κ1) is 17.0. The molecule has 2 heterocycles. The van der Waals surface area contributed by atoms with E-state index in [0.717, 1.165) is 4.88 Å². The van der Waals surface area contributed by atoms with E-state index in [9.17, 15) is 19.2 Å². The fraction of sp³-hybridized carbons (Fsp3) is 0.222. The number of Topliss-reactive ketones (excluding diaryl/α,β-unsaturated/α-hetero) is 2. The molecular weight excluding hydrogens is 342 g/mol. The van der Waals surface area contributed by atoms with Crippen LogP contribution >= 0.6 is 11.3 Å². The molecule has 128 valence electrons. The minimum absolute atomic E-state index is 0.0328. The van der Waals surface area contributed by atoms with Gasteiger partial charge in [0.2, 0.25) is 5.91 Å². The van der Waals surface area contributed by atoms with Crippen molar-refractivity contribution in [1.82, 2.24) is 0 Å². The Morgan fingerprint density at radius 2 is 1.88 bits per heavy atom. The van der Waals surface area contributed by atoms with Gasteiger partial charge in [-0.1, -0.05) is 18.2 Å². The van der Waals surface area contributed by atoms with E-state index in [1.807, 2.05) is 17.5 Å². The predicted molar refractivity (Wildman–Crippen MR) is 91.3 cm³/mol. The second-order valence-corrected chi connectivity index (χ2v) is 6.68. The normalized spacial score (nSPS) is 16.6. The zero-order valence-corrected chi connectivity index (χ0v) is 14.0. The monoisotopic (exact) mass is 357 g/mol. The summed E-state index contributed by atoms with van der Waals surface area (Å²) in [4.78, 5) is 47.9. The molecule has 1 amide bonds. The fourth-order valence-corrected chi connectivity index (χ4v) is 3.24. The van der Waals surface area contributed by atoms with Gasteiger partial charge in [-0.3, -0.25) is 19.2 Å². The van der Waals surface area contributed by atoms with Gasteiger partial charge >= 0.3 is 5.97 Å². The molecule has 7 heteroatoms. The van der Waals surface area contributed by atoms with Crippen molar-refractivity contribution in [2.75, 3.05) is 11.9 Å². The maximum atomic E-state index is 12.1. The van der Waals surface area contributed by atoms with E-state index in [0.29, 0.717) is 17.7 Å². The summed E-state index contributed by atoms with van der Waals surface area (Å²) in [6.07, 6.45) is 0.277. The number of amides is 1. The summed E-state index contributed by atoms with van der Waals surface area (Å²) in [6, 6.07) is 10.5. The van der Waals surface area contributed by atoms with Crippen molar-refractivity contribution in [2.45, 2.75) is 12.8 Å². The topological polar surface area (TPSA) is 89.5 Å². The van der Waals surface area contributed by atoms with Crippen LogP contribution in [0.25, 0.3) is 0 Å². The molecule has 1 aliphatic rings. The number of hydrogen-bond acceptors (Lipinski definition) is 6. The van der Waals surface area contributed by atoms with Gasteiger partial charge in [0.1, 0.15) is 0 Å². The number of cyclic esters (lactones) is 1. The molecular formula is C18H15NO5S. The average Bonchev–Trinajstić information content (AvgIpc) is 3.19. The molecule has 1 N–H and O–H groups in total. The van der Waals surface area contributed by atoms with Crippen LogP contribution in [-0.2, 0) is 36.8 Å². The van der Waals surface area contributed by atoms with Gasteiger partial charge < -0.3 is 10.1 Å². The zero-order chi connectivity index (χ0) is 17.8. The quantitative estimate of drug-likeness (QED) is 0.629. The van der Waals surface area contributed by atoms with Crippen molar-refractivity contribution in [1.29, 1.82) is 0 Å². The summed E-state index contributed by atoms with van der Waals surface area (Å²) < 4.78 is 4.59. The number of nitrogens with one attached hydrogen (secondary N) is 1. The Kier molecular flexibility index (Phi) is 5.04. The van der Waals surface area contributed by atoms with Gasteiger partial charge in [-0.15, -0.1) is 11.3 Å². The van der Waals surface area contributed by atoms with Crippen LogP contribution in [-0.4, -0.2) is 30.0 Å². The van der Waals surface area contributed by atoms with Crippen LogP contribution in [0.15, 0.2) is 41.8 Å². The Morgan fingerprint density at radius 3 is 2.48 bits per heavy atom. The molecule has 2 aromatic rings. The Balaban J connectivity index is 1.56. The highest BCUT2D eigenvalue weighted by atomic mass is 32.1. The van der Waals surface area contributed by atoms with Crippen LogP contribution in [0.2, 0.25) is 0 Å². The number of anilines is 1. The molecule has 25 heavy (non-hydrogen) atoms. The van der Waals surface area contributed by atoms with Gasteiger partial charge in [0.05, 0.1) is 6.42 Å². The van der Waals surface area contributed by atoms with Crippen molar-refractivity contribution in [3.63, 3.8) is 0 Å². The Hall–Kier alpha value is -2.80. The minimum Gasteiger partial charge on any atom is -0.457 e. The average molecular weight is 357 g/mol. The molecule has 6 nitrogen and oxygen atoms in total. The van der Waals surface area contributed by atoms with E-state index < -0.39 is 23.5 Å². The smallest absolute Gasteiger partial charge is 0.324 e.